The first-order valence-corrected chi connectivity index (χ1v) is 14.0. The van der Waals surface area contributed by atoms with Crippen LogP contribution in [-0.2, 0) is 12.8 Å². The first-order chi connectivity index (χ1) is 16.8. The van der Waals surface area contributed by atoms with Crippen molar-refractivity contribution in [3.05, 3.63) is 71.3 Å². The Hall–Kier alpha value is -2.31. The predicted octanol–water partition coefficient (Wildman–Crippen LogP) is 6.94. The van der Waals surface area contributed by atoms with E-state index in [-0.39, 0.29) is 17.3 Å². The van der Waals surface area contributed by atoms with Crippen LogP contribution >= 0.6 is 11.9 Å². The molecule has 0 radical (unpaired) electrons. The van der Waals surface area contributed by atoms with Crippen molar-refractivity contribution in [3.63, 3.8) is 0 Å². The van der Waals surface area contributed by atoms with Gasteiger partial charge in [0.15, 0.2) is 0 Å². The van der Waals surface area contributed by atoms with Crippen LogP contribution in [0.25, 0.3) is 11.1 Å². The summed E-state index contributed by atoms with van der Waals surface area (Å²) < 4.78 is 18.8. The van der Waals surface area contributed by atoms with E-state index in [4.69, 9.17) is 0 Å². The Morgan fingerprint density at radius 2 is 2.03 bits per heavy atom. The molecule has 3 heterocycles. The lowest BCUT2D eigenvalue weighted by Crippen LogP contribution is -2.28. The molecule has 3 aromatic rings. The van der Waals surface area contributed by atoms with Crippen LogP contribution in [0.15, 0.2) is 43.2 Å². The van der Waals surface area contributed by atoms with Crippen LogP contribution in [0.1, 0.15) is 67.8 Å². The maximum Gasteiger partial charge on any atom is 0.123 e. The van der Waals surface area contributed by atoms with Crippen LogP contribution in [0.5, 0.6) is 0 Å². The van der Waals surface area contributed by atoms with Crippen LogP contribution in [0.4, 0.5) is 10.1 Å². The molecule has 2 aliphatic rings. The summed E-state index contributed by atoms with van der Waals surface area (Å²) in [6.07, 6.45) is 12.7. The Bertz CT molecular complexity index is 1250. The molecule has 1 unspecified atom stereocenters. The van der Waals surface area contributed by atoms with Gasteiger partial charge in [-0.05, 0) is 98.4 Å². The van der Waals surface area contributed by atoms with Gasteiger partial charge in [0.25, 0.3) is 0 Å². The lowest BCUT2D eigenvalue weighted by Gasteiger charge is -2.32. The fourth-order valence-corrected chi connectivity index (χ4v) is 6.47. The number of halogens is 1. The molecule has 1 fully saturated rings. The molecule has 0 spiro atoms. The Morgan fingerprint density at radius 1 is 1.23 bits per heavy atom. The van der Waals surface area contributed by atoms with Crippen LogP contribution in [-0.4, -0.2) is 40.3 Å². The van der Waals surface area contributed by atoms with E-state index in [0.29, 0.717) is 0 Å². The van der Waals surface area contributed by atoms with Crippen LogP contribution in [0.3, 0.4) is 0 Å². The summed E-state index contributed by atoms with van der Waals surface area (Å²) in [5.74, 6) is -0.0882. The van der Waals surface area contributed by atoms with E-state index in [1.807, 2.05) is 16.8 Å². The smallest absolute Gasteiger partial charge is 0.123 e. The molecular weight excluding hydrogens is 455 g/mol. The molecule has 1 saturated heterocycles. The zero-order chi connectivity index (χ0) is 24.7. The molecule has 1 aliphatic carbocycles. The maximum absolute atomic E-state index is 14.6. The molecule has 4 nitrogen and oxygen atoms in total. The number of hydrogen-bond donors (Lipinski definition) is 0. The first-order valence-electron chi connectivity index (χ1n) is 12.8. The van der Waals surface area contributed by atoms with Gasteiger partial charge in [0.2, 0.25) is 0 Å². The lowest BCUT2D eigenvalue weighted by molar-refractivity contribution is 0.386. The molecule has 2 aromatic heterocycles. The summed E-state index contributed by atoms with van der Waals surface area (Å²) in [4.78, 5) is 2.48. The highest BCUT2D eigenvalue weighted by molar-refractivity contribution is 7.96. The van der Waals surface area contributed by atoms with E-state index in [1.54, 1.807) is 18.0 Å². The number of anilines is 1. The van der Waals surface area contributed by atoms with Gasteiger partial charge in [0, 0.05) is 36.0 Å². The Balaban J connectivity index is 1.50. The van der Waals surface area contributed by atoms with Gasteiger partial charge in [-0.2, -0.15) is 5.10 Å². The summed E-state index contributed by atoms with van der Waals surface area (Å²) in [5.41, 5.74) is 8.20. The van der Waals surface area contributed by atoms with E-state index in [1.165, 1.54) is 28.8 Å². The largest absolute Gasteiger partial charge is 0.364 e. The summed E-state index contributed by atoms with van der Waals surface area (Å²) in [6.45, 7) is 10.9. The molecule has 6 heteroatoms. The van der Waals surface area contributed by atoms with Gasteiger partial charge in [0.1, 0.15) is 5.82 Å². The molecule has 1 aliphatic heterocycles. The molecule has 5 rings (SSSR count). The zero-order valence-electron chi connectivity index (χ0n) is 21.5. The van der Waals surface area contributed by atoms with E-state index < -0.39 is 0 Å². The second kappa shape index (κ2) is 9.62. The van der Waals surface area contributed by atoms with Crippen molar-refractivity contribution in [2.24, 2.45) is 5.41 Å². The van der Waals surface area contributed by atoms with Gasteiger partial charge in [-0.1, -0.05) is 32.4 Å². The normalized spacial score (nSPS) is 18.5. The number of nitrogens with zero attached hydrogens (tertiary/aromatic N) is 4. The van der Waals surface area contributed by atoms with Gasteiger partial charge in [0.05, 0.1) is 17.8 Å². The SMILES string of the molecule is C=C(c1cnn2ccc(N3CCCC3c3cc(F)cc4c3CCCC4)cc12)C(C)(C)CN(C)SC. The summed E-state index contributed by atoms with van der Waals surface area (Å²) >= 11 is 1.74. The summed E-state index contributed by atoms with van der Waals surface area (Å²) in [6, 6.07) is 8.21. The quantitative estimate of drug-likeness (QED) is 0.333. The molecule has 0 bridgehead atoms. The lowest BCUT2D eigenvalue weighted by atomic mass is 9.81. The van der Waals surface area contributed by atoms with Crippen molar-refractivity contribution in [2.45, 2.75) is 58.4 Å². The number of pyridine rings is 1. The molecule has 0 N–H and O–H groups in total. The second-order valence-electron chi connectivity index (χ2n) is 10.8. The van der Waals surface area contributed by atoms with Gasteiger partial charge in [-0.3, -0.25) is 4.31 Å². The van der Waals surface area contributed by atoms with E-state index in [9.17, 15) is 4.39 Å². The number of hydrogen-bond acceptors (Lipinski definition) is 4. The van der Waals surface area contributed by atoms with Crippen LogP contribution in [0, 0.1) is 11.2 Å². The number of aromatic nitrogens is 2. The monoisotopic (exact) mass is 492 g/mol. The highest BCUT2D eigenvalue weighted by atomic mass is 32.2. The standard InChI is InChI=1S/C29H37FN4S/c1-20(29(2,3)19-32(4)35-5)26-18-31-34-14-12-23(17-28(26)34)33-13-8-11-27(33)25-16-22(30)15-21-9-6-7-10-24(21)25/h12,14-18,27H,1,6-11,13,19H2,2-5H3. The van der Waals surface area contributed by atoms with E-state index >= 15 is 0 Å². The third-order valence-electron chi connectivity index (χ3n) is 7.98. The topological polar surface area (TPSA) is 23.8 Å². The molecule has 0 saturated carbocycles. The minimum absolute atomic E-state index is 0.0882. The number of aryl methyl sites for hydroxylation is 1. The number of fused-ring (bicyclic) bond motifs is 2. The van der Waals surface area contributed by atoms with Gasteiger partial charge >= 0.3 is 0 Å². The molecule has 0 amide bonds. The minimum atomic E-state index is -0.0892. The summed E-state index contributed by atoms with van der Waals surface area (Å²) in [5, 5.41) is 4.64. The minimum Gasteiger partial charge on any atom is -0.364 e. The van der Waals surface area contributed by atoms with Crippen LogP contribution in [0.2, 0.25) is 0 Å². The van der Waals surface area contributed by atoms with Crippen molar-refractivity contribution in [1.82, 2.24) is 13.9 Å². The Morgan fingerprint density at radius 3 is 2.83 bits per heavy atom. The van der Waals surface area contributed by atoms with Crippen molar-refractivity contribution in [3.8, 4) is 0 Å². The Kier molecular flexibility index (Phi) is 6.71. The summed E-state index contributed by atoms with van der Waals surface area (Å²) in [7, 11) is 2.12. The molecule has 1 atom stereocenters. The molecule has 35 heavy (non-hydrogen) atoms. The number of benzene rings is 1. The van der Waals surface area contributed by atoms with Crippen LogP contribution < -0.4 is 4.90 Å². The van der Waals surface area contributed by atoms with E-state index in [0.717, 1.165) is 61.8 Å². The van der Waals surface area contributed by atoms with Gasteiger partial charge in [-0.15, -0.1) is 0 Å². The van der Waals surface area contributed by atoms with Crippen molar-refractivity contribution in [1.29, 1.82) is 0 Å². The maximum atomic E-state index is 14.6. The average molecular weight is 493 g/mol. The zero-order valence-corrected chi connectivity index (χ0v) is 22.3. The fourth-order valence-electron chi connectivity index (χ4n) is 6.02. The molecule has 1 aromatic carbocycles. The van der Waals surface area contributed by atoms with Gasteiger partial charge in [-0.25, -0.2) is 8.91 Å². The average Bonchev–Trinajstić information content (AvgIpc) is 3.49. The Labute approximate surface area is 213 Å². The van der Waals surface area contributed by atoms with Crippen molar-refractivity contribution >= 4 is 28.7 Å². The fraction of sp³-hybridized carbons (Fsp3) is 0.483. The van der Waals surface area contributed by atoms with E-state index in [2.05, 4.69) is 66.4 Å². The first kappa shape index (κ1) is 24.4. The third-order valence-corrected chi connectivity index (χ3v) is 8.74. The van der Waals surface area contributed by atoms with Gasteiger partial charge < -0.3 is 4.90 Å². The number of rotatable bonds is 7. The van der Waals surface area contributed by atoms with Crippen molar-refractivity contribution in [2.75, 3.05) is 31.3 Å². The third kappa shape index (κ3) is 4.63. The molecule has 186 valence electrons. The molecular formula is C29H37FN4S. The second-order valence-corrected chi connectivity index (χ2v) is 11.8. The predicted molar refractivity (Wildman–Crippen MR) is 147 cm³/mol. The van der Waals surface area contributed by atoms with Crippen molar-refractivity contribution < 1.29 is 4.39 Å². The highest BCUT2D eigenvalue weighted by Crippen LogP contribution is 2.42. The highest BCUT2D eigenvalue weighted by Gasteiger charge is 2.31.